The maximum Gasteiger partial charge on any atom is 0.313 e. The molecular formula is C24H23N3O3. The third-order valence-electron chi connectivity index (χ3n) is 4.46. The summed E-state index contributed by atoms with van der Waals surface area (Å²) in [6.07, 6.45) is 0. The van der Waals surface area contributed by atoms with E-state index in [0.29, 0.717) is 6.54 Å². The predicted octanol–water partition coefficient (Wildman–Crippen LogP) is 3.18. The predicted molar refractivity (Wildman–Crippen MR) is 116 cm³/mol. The van der Waals surface area contributed by atoms with Gasteiger partial charge in [-0.25, -0.2) is 0 Å². The van der Waals surface area contributed by atoms with E-state index in [-0.39, 0.29) is 23.7 Å². The van der Waals surface area contributed by atoms with Crippen molar-refractivity contribution in [3.8, 4) is 0 Å². The van der Waals surface area contributed by atoms with Crippen LogP contribution in [0.2, 0.25) is 0 Å². The van der Waals surface area contributed by atoms with Gasteiger partial charge in [0.1, 0.15) is 0 Å². The Morgan fingerprint density at radius 3 is 2.13 bits per heavy atom. The van der Waals surface area contributed by atoms with Gasteiger partial charge in [-0.15, -0.1) is 0 Å². The smallest absolute Gasteiger partial charge is 0.313 e. The van der Waals surface area contributed by atoms with E-state index in [2.05, 4.69) is 16.0 Å². The summed E-state index contributed by atoms with van der Waals surface area (Å²) in [6, 6.07) is 23.7. The Kier molecular flexibility index (Phi) is 6.95. The fraction of sp³-hybridized carbons (Fsp3) is 0.125. The van der Waals surface area contributed by atoms with Crippen molar-refractivity contribution in [2.75, 3.05) is 5.32 Å². The fourth-order valence-electron chi connectivity index (χ4n) is 2.93. The Morgan fingerprint density at radius 1 is 0.700 bits per heavy atom. The highest BCUT2D eigenvalue weighted by molar-refractivity contribution is 6.40. The molecule has 0 aliphatic carbocycles. The van der Waals surface area contributed by atoms with Crippen molar-refractivity contribution < 1.29 is 14.4 Å². The van der Waals surface area contributed by atoms with Crippen LogP contribution < -0.4 is 16.0 Å². The second-order valence-electron chi connectivity index (χ2n) is 6.84. The Bertz CT molecular complexity index is 1050. The average Bonchev–Trinajstić information content (AvgIpc) is 2.77. The van der Waals surface area contributed by atoms with E-state index in [1.54, 1.807) is 24.3 Å². The lowest BCUT2D eigenvalue weighted by Gasteiger charge is -2.12. The molecule has 0 fully saturated rings. The molecule has 3 amide bonds. The van der Waals surface area contributed by atoms with Crippen LogP contribution in [-0.4, -0.2) is 17.7 Å². The molecule has 0 saturated heterocycles. The van der Waals surface area contributed by atoms with E-state index < -0.39 is 11.8 Å². The van der Waals surface area contributed by atoms with Crippen molar-refractivity contribution in [1.82, 2.24) is 10.6 Å². The summed E-state index contributed by atoms with van der Waals surface area (Å²) in [7, 11) is 0. The molecule has 0 heterocycles. The molecule has 3 rings (SSSR count). The number of hydrogen-bond acceptors (Lipinski definition) is 3. The first-order valence-corrected chi connectivity index (χ1v) is 9.59. The number of hydrogen-bond donors (Lipinski definition) is 3. The highest BCUT2D eigenvalue weighted by atomic mass is 16.2. The molecule has 152 valence electrons. The topological polar surface area (TPSA) is 87.3 Å². The van der Waals surface area contributed by atoms with Crippen molar-refractivity contribution in [1.29, 1.82) is 0 Å². The standard InChI is InChI=1S/C24H23N3O3/c1-17-8-7-11-19(14-17)16-25-22(28)20-12-5-6-13-21(20)27-24(30)23(29)26-15-18-9-3-2-4-10-18/h2-14H,15-16H2,1H3,(H,25,28)(H,26,29)(H,27,30). The van der Waals surface area contributed by atoms with Gasteiger partial charge in [0, 0.05) is 13.1 Å². The Morgan fingerprint density at radius 2 is 1.37 bits per heavy atom. The minimum absolute atomic E-state index is 0.242. The van der Waals surface area contributed by atoms with Crippen LogP contribution >= 0.6 is 0 Å². The van der Waals surface area contributed by atoms with Gasteiger partial charge >= 0.3 is 11.8 Å². The average molecular weight is 401 g/mol. The molecule has 0 saturated carbocycles. The Labute approximate surface area is 175 Å². The van der Waals surface area contributed by atoms with Gasteiger partial charge in [0.15, 0.2) is 0 Å². The lowest BCUT2D eigenvalue weighted by Crippen LogP contribution is -2.35. The first-order chi connectivity index (χ1) is 14.5. The first kappa shape index (κ1) is 20.8. The van der Waals surface area contributed by atoms with Gasteiger partial charge in [-0.05, 0) is 30.2 Å². The molecule has 6 nitrogen and oxygen atoms in total. The van der Waals surface area contributed by atoms with E-state index in [0.717, 1.165) is 16.7 Å². The molecule has 6 heteroatoms. The summed E-state index contributed by atoms with van der Waals surface area (Å²) < 4.78 is 0. The minimum atomic E-state index is -0.829. The molecule has 3 N–H and O–H groups in total. The van der Waals surface area contributed by atoms with Crippen LogP contribution in [0.15, 0.2) is 78.9 Å². The summed E-state index contributed by atoms with van der Waals surface area (Å²) in [6.45, 7) is 2.59. The van der Waals surface area contributed by atoms with Crippen molar-refractivity contribution in [2.24, 2.45) is 0 Å². The normalized spacial score (nSPS) is 10.2. The van der Waals surface area contributed by atoms with E-state index in [1.165, 1.54) is 0 Å². The highest BCUT2D eigenvalue weighted by Gasteiger charge is 2.17. The zero-order valence-electron chi connectivity index (χ0n) is 16.6. The van der Waals surface area contributed by atoms with E-state index >= 15 is 0 Å². The van der Waals surface area contributed by atoms with Crippen molar-refractivity contribution in [3.63, 3.8) is 0 Å². The monoisotopic (exact) mass is 401 g/mol. The second kappa shape index (κ2) is 10.0. The molecule has 0 bridgehead atoms. The largest absolute Gasteiger partial charge is 0.348 e. The summed E-state index contributed by atoms with van der Waals surface area (Å²) >= 11 is 0. The van der Waals surface area contributed by atoms with Crippen molar-refractivity contribution >= 4 is 23.4 Å². The number of para-hydroxylation sites is 1. The van der Waals surface area contributed by atoms with Gasteiger partial charge < -0.3 is 16.0 Å². The quantitative estimate of drug-likeness (QED) is 0.555. The summed E-state index contributed by atoms with van der Waals surface area (Å²) in [5.74, 6) is -1.93. The van der Waals surface area contributed by atoms with Crippen LogP contribution in [-0.2, 0) is 22.7 Å². The zero-order chi connectivity index (χ0) is 21.3. The minimum Gasteiger partial charge on any atom is -0.348 e. The van der Waals surface area contributed by atoms with E-state index in [9.17, 15) is 14.4 Å². The molecule has 0 aliphatic heterocycles. The van der Waals surface area contributed by atoms with Crippen LogP contribution in [0.3, 0.4) is 0 Å². The Hall–Kier alpha value is -3.93. The maximum absolute atomic E-state index is 12.6. The van der Waals surface area contributed by atoms with Gasteiger partial charge in [0.2, 0.25) is 0 Å². The molecule has 3 aromatic carbocycles. The summed E-state index contributed by atoms with van der Waals surface area (Å²) in [5, 5.41) is 7.93. The first-order valence-electron chi connectivity index (χ1n) is 9.59. The van der Waals surface area contributed by atoms with Gasteiger partial charge in [0.05, 0.1) is 11.3 Å². The number of carbonyl (C=O) groups excluding carboxylic acids is 3. The number of carbonyl (C=O) groups is 3. The number of nitrogens with one attached hydrogen (secondary N) is 3. The zero-order valence-corrected chi connectivity index (χ0v) is 16.6. The maximum atomic E-state index is 12.6. The third-order valence-corrected chi connectivity index (χ3v) is 4.46. The fourth-order valence-corrected chi connectivity index (χ4v) is 2.93. The Balaban J connectivity index is 1.60. The molecule has 0 unspecified atom stereocenters. The highest BCUT2D eigenvalue weighted by Crippen LogP contribution is 2.15. The lowest BCUT2D eigenvalue weighted by molar-refractivity contribution is -0.136. The molecular weight excluding hydrogens is 378 g/mol. The number of benzene rings is 3. The second-order valence-corrected chi connectivity index (χ2v) is 6.84. The number of aryl methyl sites for hydroxylation is 1. The third kappa shape index (κ3) is 5.78. The number of amides is 3. The molecule has 0 spiro atoms. The van der Waals surface area contributed by atoms with Gasteiger partial charge in [-0.2, -0.15) is 0 Å². The van der Waals surface area contributed by atoms with Crippen LogP contribution in [0.5, 0.6) is 0 Å². The van der Waals surface area contributed by atoms with E-state index in [4.69, 9.17) is 0 Å². The van der Waals surface area contributed by atoms with Gasteiger partial charge in [0.25, 0.3) is 5.91 Å². The van der Waals surface area contributed by atoms with Crippen LogP contribution in [0.4, 0.5) is 5.69 Å². The van der Waals surface area contributed by atoms with Crippen LogP contribution in [0.25, 0.3) is 0 Å². The van der Waals surface area contributed by atoms with Crippen LogP contribution in [0.1, 0.15) is 27.0 Å². The van der Waals surface area contributed by atoms with Crippen molar-refractivity contribution in [2.45, 2.75) is 20.0 Å². The molecule has 0 radical (unpaired) electrons. The van der Waals surface area contributed by atoms with Crippen LogP contribution in [0, 0.1) is 6.92 Å². The molecule has 30 heavy (non-hydrogen) atoms. The molecule has 0 aromatic heterocycles. The van der Waals surface area contributed by atoms with Gasteiger partial charge in [-0.1, -0.05) is 72.3 Å². The van der Waals surface area contributed by atoms with E-state index in [1.807, 2.05) is 61.5 Å². The molecule has 3 aromatic rings. The summed E-state index contributed by atoms with van der Waals surface area (Å²) in [4.78, 5) is 37.0. The molecule has 0 aliphatic rings. The summed E-state index contributed by atoms with van der Waals surface area (Å²) in [5.41, 5.74) is 3.53. The number of anilines is 1. The van der Waals surface area contributed by atoms with Crippen molar-refractivity contribution in [3.05, 3.63) is 101 Å². The number of rotatable bonds is 6. The lowest BCUT2D eigenvalue weighted by atomic mass is 10.1. The van der Waals surface area contributed by atoms with Gasteiger partial charge in [-0.3, -0.25) is 14.4 Å². The molecule has 0 atom stereocenters. The SMILES string of the molecule is Cc1cccc(CNC(=O)c2ccccc2NC(=O)C(=O)NCc2ccccc2)c1.